The predicted octanol–water partition coefficient (Wildman–Crippen LogP) is 2.05. The Morgan fingerprint density at radius 3 is 2.50 bits per heavy atom. The Morgan fingerprint density at radius 2 is 2.07 bits per heavy atom. The Labute approximate surface area is 84.8 Å². The molecule has 0 aliphatic rings. The van der Waals surface area contributed by atoms with E-state index < -0.39 is 0 Å². The maximum absolute atomic E-state index is 10.6. The molecule has 0 amide bonds. The van der Waals surface area contributed by atoms with Crippen LogP contribution in [0.3, 0.4) is 0 Å². The summed E-state index contributed by atoms with van der Waals surface area (Å²) < 4.78 is 0. The van der Waals surface area contributed by atoms with Gasteiger partial charge < -0.3 is 4.90 Å². The number of carbonyl (C=O) groups is 1. The SMILES string of the molecule is CCN(CC)c1cc(C)c(C=O)cn1. The van der Waals surface area contributed by atoms with E-state index >= 15 is 0 Å². The Kier molecular flexibility index (Phi) is 3.63. The van der Waals surface area contributed by atoms with Crippen LogP contribution in [0.15, 0.2) is 12.3 Å². The van der Waals surface area contributed by atoms with Crippen LogP contribution < -0.4 is 4.90 Å². The van der Waals surface area contributed by atoms with Gasteiger partial charge >= 0.3 is 0 Å². The molecule has 0 unspecified atom stereocenters. The second-order valence-electron chi connectivity index (χ2n) is 3.19. The third-order valence-corrected chi connectivity index (χ3v) is 2.35. The number of pyridine rings is 1. The van der Waals surface area contributed by atoms with E-state index in [1.165, 1.54) is 0 Å². The van der Waals surface area contributed by atoms with Gasteiger partial charge in [-0.05, 0) is 32.4 Å². The molecule has 0 saturated carbocycles. The Balaban J connectivity index is 3.00. The number of carbonyl (C=O) groups excluding carboxylic acids is 1. The largest absolute Gasteiger partial charge is 0.357 e. The van der Waals surface area contributed by atoms with Crippen LogP contribution in [-0.4, -0.2) is 24.4 Å². The van der Waals surface area contributed by atoms with E-state index in [-0.39, 0.29) is 0 Å². The van der Waals surface area contributed by atoms with Crippen molar-refractivity contribution < 1.29 is 4.79 Å². The molecule has 76 valence electrons. The first-order valence-electron chi connectivity index (χ1n) is 4.89. The van der Waals surface area contributed by atoms with E-state index in [0.29, 0.717) is 5.56 Å². The van der Waals surface area contributed by atoms with E-state index in [2.05, 4.69) is 23.7 Å². The van der Waals surface area contributed by atoms with Crippen LogP contribution in [0.25, 0.3) is 0 Å². The molecule has 0 N–H and O–H groups in total. The molecule has 0 spiro atoms. The number of anilines is 1. The summed E-state index contributed by atoms with van der Waals surface area (Å²) in [5.41, 5.74) is 1.65. The van der Waals surface area contributed by atoms with E-state index in [9.17, 15) is 4.79 Å². The highest BCUT2D eigenvalue weighted by Gasteiger charge is 2.05. The molecule has 1 aromatic heterocycles. The molecule has 0 bridgehead atoms. The van der Waals surface area contributed by atoms with Crippen molar-refractivity contribution >= 4 is 12.1 Å². The third-order valence-electron chi connectivity index (χ3n) is 2.35. The molecule has 0 aliphatic carbocycles. The Bertz CT molecular complexity index is 319. The lowest BCUT2D eigenvalue weighted by molar-refractivity contribution is 0.112. The maximum atomic E-state index is 10.6. The average molecular weight is 192 g/mol. The number of nitrogens with zero attached hydrogens (tertiary/aromatic N) is 2. The van der Waals surface area contributed by atoms with Crippen LogP contribution >= 0.6 is 0 Å². The van der Waals surface area contributed by atoms with E-state index in [1.54, 1.807) is 6.20 Å². The van der Waals surface area contributed by atoms with Gasteiger partial charge in [0, 0.05) is 24.8 Å². The summed E-state index contributed by atoms with van der Waals surface area (Å²) in [6, 6.07) is 1.96. The number of aromatic nitrogens is 1. The first-order valence-corrected chi connectivity index (χ1v) is 4.89. The summed E-state index contributed by atoms with van der Waals surface area (Å²) in [6.07, 6.45) is 2.48. The van der Waals surface area contributed by atoms with Gasteiger partial charge in [-0.15, -0.1) is 0 Å². The lowest BCUT2D eigenvalue weighted by atomic mass is 10.2. The van der Waals surface area contributed by atoms with E-state index in [0.717, 1.165) is 30.8 Å². The lowest BCUT2D eigenvalue weighted by Gasteiger charge is -2.20. The summed E-state index contributed by atoms with van der Waals surface area (Å²) in [4.78, 5) is 17.0. The molecule has 1 rings (SSSR count). The maximum Gasteiger partial charge on any atom is 0.151 e. The number of hydrogen-bond acceptors (Lipinski definition) is 3. The van der Waals surface area contributed by atoms with Crippen molar-refractivity contribution in [2.45, 2.75) is 20.8 Å². The van der Waals surface area contributed by atoms with Gasteiger partial charge in [-0.3, -0.25) is 4.79 Å². The molecule has 1 aromatic rings. The second kappa shape index (κ2) is 4.74. The highest BCUT2D eigenvalue weighted by Crippen LogP contribution is 2.14. The van der Waals surface area contributed by atoms with Gasteiger partial charge in [-0.25, -0.2) is 4.98 Å². The number of hydrogen-bond donors (Lipinski definition) is 0. The third kappa shape index (κ3) is 2.10. The second-order valence-corrected chi connectivity index (χ2v) is 3.19. The molecule has 0 aromatic carbocycles. The normalized spacial score (nSPS) is 9.93. The molecule has 0 fully saturated rings. The minimum absolute atomic E-state index is 0.668. The standard InChI is InChI=1S/C11H16N2O/c1-4-13(5-2)11-6-9(3)10(8-14)7-12-11/h6-8H,4-5H2,1-3H3. The summed E-state index contributed by atoms with van der Waals surface area (Å²) in [5, 5.41) is 0. The quantitative estimate of drug-likeness (QED) is 0.684. The first kappa shape index (κ1) is 10.7. The van der Waals surface area contributed by atoms with Gasteiger partial charge in [0.25, 0.3) is 0 Å². The molecule has 0 atom stereocenters. The summed E-state index contributed by atoms with van der Waals surface area (Å²) >= 11 is 0. The zero-order valence-electron chi connectivity index (χ0n) is 8.95. The molecule has 3 nitrogen and oxygen atoms in total. The summed E-state index contributed by atoms with van der Waals surface area (Å²) in [6.45, 7) is 7.98. The molecule has 14 heavy (non-hydrogen) atoms. The van der Waals surface area contributed by atoms with Gasteiger partial charge in [0.15, 0.2) is 6.29 Å². The van der Waals surface area contributed by atoms with Crippen LogP contribution in [-0.2, 0) is 0 Å². The molecule has 0 radical (unpaired) electrons. The number of aryl methyl sites for hydroxylation is 1. The van der Waals surface area contributed by atoms with Crippen LogP contribution in [0, 0.1) is 6.92 Å². The lowest BCUT2D eigenvalue weighted by Crippen LogP contribution is -2.23. The van der Waals surface area contributed by atoms with E-state index in [1.807, 2.05) is 13.0 Å². The van der Waals surface area contributed by atoms with Crippen LogP contribution in [0.2, 0.25) is 0 Å². The smallest absolute Gasteiger partial charge is 0.151 e. The van der Waals surface area contributed by atoms with Crippen molar-refractivity contribution in [3.8, 4) is 0 Å². The van der Waals surface area contributed by atoms with E-state index in [4.69, 9.17) is 0 Å². The highest BCUT2D eigenvalue weighted by atomic mass is 16.1. The van der Waals surface area contributed by atoms with Crippen LogP contribution in [0.5, 0.6) is 0 Å². The Morgan fingerprint density at radius 1 is 1.43 bits per heavy atom. The average Bonchev–Trinajstić information content (AvgIpc) is 2.20. The summed E-state index contributed by atoms with van der Waals surface area (Å²) in [5.74, 6) is 0.943. The molecule has 1 heterocycles. The molecule has 3 heteroatoms. The molecular weight excluding hydrogens is 176 g/mol. The minimum atomic E-state index is 0.668. The van der Waals surface area contributed by atoms with Crippen molar-refractivity contribution in [1.29, 1.82) is 0 Å². The van der Waals surface area contributed by atoms with Crippen molar-refractivity contribution in [1.82, 2.24) is 4.98 Å². The fourth-order valence-electron chi connectivity index (χ4n) is 1.40. The van der Waals surface area contributed by atoms with Crippen LogP contribution in [0.4, 0.5) is 5.82 Å². The highest BCUT2D eigenvalue weighted by molar-refractivity contribution is 5.77. The zero-order chi connectivity index (χ0) is 10.6. The van der Waals surface area contributed by atoms with Gasteiger partial charge in [-0.2, -0.15) is 0 Å². The Hall–Kier alpha value is -1.38. The minimum Gasteiger partial charge on any atom is -0.357 e. The van der Waals surface area contributed by atoms with Crippen LogP contribution in [0.1, 0.15) is 29.8 Å². The van der Waals surface area contributed by atoms with Gasteiger partial charge in [-0.1, -0.05) is 0 Å². The fourth-order valence-corrected chi connectivity index (χ4v) is 1.40. The zero-order valence-corrected chi connectivity index (χ0v) is 8.95. The fraction of sp³-hybridized carbons (Fsp3) is 0.455. The molecule has 0 aliphatic heterocycles. The van der Waals surface area contributed by atoms with Crippen molar-refractivity contribution in [3.63, 3.8) is 0 Å². The number of rotatable bonds is 4. The topological polar surface area (TPSA) is 33.2 Å². The monoisotopic (exact) mass is 192 g/mol. The first-order chi connectivity index (χ1) is 6.72. The predicted molar refractivity (Wildman–Crippen MR) is 57.9 cm³/mol. The summed E-state index contributed by atoms with van der Waals surface area (Å²) in [7, 11) is 0. The molecular formula is C11H16N2O. The van der Waals surface area contributed by atoms with Gasteiger partial charge in [0.2, 0.25) is 0 Å². The molecule has 0 saturated heterocycles. The van der Waals surface area contributed by atoms with Crippen molar-refractivity contribution in [3.05, 3.63) is 23.4 Å². The van der Waals surface area contributed by atoms with Gasteiger partial charge in [0.1, 0.15) is 5.82 Å². The van der Waals surface area contributed by atoms with Crippen molar-refractivity contribution in [2.75, 3.05) is 18.0 Å². The number of aldehydes is 1. The van der Waals surface area contributed by atoms with Crippen molar-refractivity contribution in [2.24, 2.45) is 0 Å². The van der Waals surface area contributed by atoms with Gasteiger partial charge in [0.05, 0.1) is 0 Å².